The second kappa shape index (κ2) is 8.41. The molecule has 0 saturated heterocycles. The average Bonchev–Trinajstić information content (AvgIpc) is 2.50. The maximum absolute atomic E-state index is 9.38. The molecule has 1 heteroatoms. The Morgan fingerprint density at radius 2 is 1.80 bits per heavy atom. The van der Waals surface area contributed by atoms with E-state index in [9.17, 15) is 5.11 Å². The molecule has 2 aliphatic rings. The Morgan fingerprint density at radius 1 is 1.05 bits per heavy atom. The van der Waals surface area contributed by atoms with Crippen molar-refractivity contribution in [1.82, 2.24) is 0 Å². The third-order valence-corrected chi connectivity index (χ3v) is 6.42. The summed E-state index contributed by atoms with van der Waals surface area (Å²) in [7, 11) is 0. The SMILES string of the molecule is CC(CCCC1CC(CO)CCC1C)C1CCCCC1. The maximum Gasteiger partial charge on any atom is 0.0459 e. The van der Waals surface area contributed by atoms with Crippen molar-refractivity contribution in [3.63, 3.8) is 0 Å². The molecule has 2 aliphatic carbocycles. The number of aliphatic hydroxyl groups is 1. The van der Waals surface area contributed by atoms with Crippen LogP contribution in [0.25, 0.3) is 0 Å². The third kappa shape index (κ3) is 4.76. The van der Waals surface area contributed by atoms with E-state index in [2.05, 4.69) is 13.8 Å². The zero-order valence-corrected chi connectivity index (χ0v) is 13.8. The van der Waals surface area contributed by atoms with Crippen LogP contribution in [0.5, 0.6) is 0 Å². The van der Waals surface area contributed by atoms with Gasteiger partial charge in [0.05, 0.1) is 0 Å². The summed E-state index contributed by atoms with van der Waals surface area (Å²) >= 11 is 0. The van der Waals surface area contributed by atoms with Gasteiger partial charge in [0.25, 0.3) is 0 Å². The first-order valence-electron chi connectivity index (χ1n) is 9.31. The number of hydrogen-bond donors (Lipinski definition) is 1. The van der Waals surface area contributed by atoms with Gasteiger partial charge in [-0.1, -0.05) is 71.6 Å². The van der Waals surface area contributed by atoms with E-state index in [1.165, 1.54) is 70.6 Å². The molecule has 2 saturated carbocycles. The van der Waals surface area contributed by atoms with Crippen molar-refractivity contribution in [2.24, 2.45) is 29.6 Å². The molecule has 118 valence electrons. The van der Waals surface area contributed by atoms with E-state index in [-0.39, 0.29) is 0 Å². The van der Waals surface area contributed by atoms with E-state index >= 15 is 0 Å². The fourth-order valence-corrected chi connectivity index (χ4v) is 4.72. The van der Waals surface area contributed by atoms with Crippen LogP contribution in [0.15, 0.2) is 0 Å². The van der Waals surface area contributed by atoms with Gasteiger partial charge in [-0.05, 0) is 42.4 Å². The normalized spacial score (nSPS) is 34.0. The van der Waals surface area contributed by atoms with Gasteiger partial charge in [0, 0.05) is 6.61 Å². The van der Waals surface area contributed by atoms with Gasteiger partial charge in [-0.3, -0.25) is 0 Å². The molecule has 20 heavy (non-hydrogen) atoms. The van der Waals surface area contributed by atoms with E-state index in [4.69, 9.17) is 0 Å². The van der Waals surface area contributed by atoms with Crippen molar-refractivity contribution in [3.8, 4) is 0 Å². The first kappa shape index (κ1) is 16.3. The van der Waals surface area contributed by atoms with Gasteiger partial charge < -0.3 is 5.11 Å². The van der Waals surface area contributed by atoms with Crippen LogP contribution in [0.1, 0.15) is 84.5 Å². The summed E-state index contributed by atoms with van der Waals surface area (Å²) in [5.74, 6) is 4.36. The molecule has 0 aromatic rings. The highest BCUT2D eigenvalue weighted by atomic mass is 16.3. The van der Waals surface area contributed by atoms with Crippen molar-refractivity contribution in [1.29, 1.82) is 0 Å². The summed E-state index contributed by atoms with van der Waals surface area (Å²) in [5.41, 5.74) is 0. The Hall–Kier alpha value is -0.0400. The molecule has 1 nitrogen and oxygen atoms in total. The molecule has 0 aromatic carbocycles. The van der Waals surface area contributed by atoms with Crippen molar-refractivity contribution in [2.45, 2.75) is 84.5 Å². The van der Waals surface area contributed by atoms with E-state index in [1.54, 1.807) is 0 Å². The van der Waals surface area contributed by atoms with Gasteiger partial charge in [-0.2, -0.15) is 0 Å². The summed E-state index contributed by atoms with van der Waals surface area (Å²) in [6, 6.07) is 0. The smallest absolute Gasteiger partial charge is 0.0459 e. The molecule has 4 unspecified atom stereocenters. The van der Waals surface area contributed by atoms with E-state index in [0.717, 1.165) is 23.7 Å². The van der Waals surface area contributed by atoms with Crippen molar-refractivity contribution in [3.05, 3.63) is 0 Å². The lowest BCUT2D eigenvalue weighted by Gasteiger charge is -2.34. The number of hydrogen-bond acceptors (Lipinski definition) is 1. The highest BCUT2D eigenvalue weighted by molar-refractivity contribution is 4.78. The first-order chi connectivity index (χ1) is 9.70. The molecule has 0 aromatic heterocycles. The minimum absolute atomic E-state index is 0.418. The van der Waals surface area contributed by atoms with Crippen molar-refractivity contribution in [2.75, 3.05) is 6.61 Å². The van der Waals surface area contributed by atoms with E-state index < -0.39 is 0 Å². The minimum atomic E-state index is 0.418. The molecule has 1 N–H and O–H groups in total. The lowest BCUT2D eigenvalue weighted by atomic mass is 9.72. The molecule has 0 radical (unpaired) electrons. The predicted molar refractivity (Wildman–Crippen MR) is 86.7 cm³/mol. The lowest BCUT2D eigenvalue weighted by Crippen LogP contribution is -2.25. The van der Waals surface area contributed by atoms with Crippen LogP contribution in [-0.4, -0.2) is 11.7 Å². The van der Waals surface area contributed by atoms with Crippen molar-refractivity contribution >= 4 is 0 Å². The Kier molecular flexibility index (Phi) is 6.87. The third-order valence-electron chi connectivity index (χ3n) is 6.42. The van der Waals surface area contributed by atoms with Gasteiger partial charge >= 0.3 is 0 Å². The molecule has 0 aliphatic heterocycles. The fraction of sp³-hybridized carbons (Fsp3) is 1.00. The largest absolute Gasteiger partial charge is 0.396 e. The maximum atomic E-state index is 9.38. The van der Waals surface area contributed by atoms with Crippen LogP contribution >= 0.6 is 0 Å². The van der Waals surface area contributed by atoms with Gasteiger partial charge in [0.2, 0.25) is 0 Å². The quantitative estimate of drug-likeness (QED) is 0.689. The summed E-state index contributed by atoms with van der Waals surface area (Å²) in [5, 5.41) is 9.38. The van der Waals surface area contributed by atoms with Crippen LogP contribution in [0, 0.1) is 29.6 Å². The summed E-state index contributed by atoms with van der Waals surface area (Å²) < 4.78 is 0. The molecule has 0 heterocycles. The molecular weight excluding hydrogens is 244 g/mol. The topological polar surface area (TPSA) is 20.2 Å². The molecule has 4 atom stereocenters. The van der Waals surface area contributed by atoms with Crippen LogP contribution in [-0.2, 0) is 0 Å². The Bertz CT molecular complexity index is 256. The second-order valence-corrected chi connectivity index (χ2v) is 7.91. The van der Waals surface area contributed by atoms with Gasteiger partial charge in [0.15, 0.2) is 0 Å². The van der Waals surface area contributed by atoms with Crippen molar-refractivity contribution < 1.29 is 5.11 Å². The Labute approximate surface area is 126 Å². The van der Waals surface area contributed by atoms with Gasteiger partial charge in [0.1, 0.15) is 0 Å². The second-order valence-electron chi connectivity index (χ2n) is 7.91. The van der Waals surface area contributed by atoms with Crippen LogP contribution in [0.3, 0.4) is 0 Å². The predicted octanol–water partition coefficient (Wildman–Crippen LogP) is 5.42. The number of rotatable bonds is 6. The molecule has 2 fully saturated rings. The molecule has 0 spiro atoms. The number of aliphatic hydroxyl groups excluding tert-OH is 1. The first-order valence-corrected chi connectivity index (χ1v) is 9.31. The average molecular weight is 280 g/mol. The summed E-state index contributed by atoms with van der Waals surface area (Å²) in [6.07, 6.45) is 15.6. The Morgan fingerprint density at radius 3 is 2.50 bits per heavy atom. The zero-order chi connectivity index (χ0) is 14.4. The Balaban J connectivity index is 1.66. The minimum Gasteiger partial charge on any atom is -0.396 e. The highest BCUT2D eigenvalue weighted by Crippen LogP contribution is 2.38. The monoisotopic (exact) mass is 280 g/mol. The molecule has 0 bridgehead atoms. The van der Waals surface area contributed by atoms with Crippen LogP contribution < -0.4 is 0 Å². The van der Waals surface area contributed by atoms with Crippen LogP contribution in [0.4, 0.5) is 0 Å². The fourth-order valence-electron chi connectivity index (χ4n) is 4.72. The van der Waals surface area contributed by atoms with Crippen LogP contribution in [0.2, 0.25) is 0 Å². The molecule has 0 amide bonds. The summed E-state index contributed by atoms with van der Waals surface area (Å²) in [6.45, 7) is 5.35. The standard InChI is InChI=1S/C19H36O/c1-15(18-8-4-3-5-9-18)7-6-10-19-13-17(14-20)12-11-16(19)2/h15-20H,3-14H2,1-2H3. The molecule has 2 rings (SSSR count). The molecular formula is C19H36O. The zero-order valence-electron chi connectivity index (χ0n) is 13.8. The van der Waals surface area contributed by atoms with E-state index in [1.807, 2.05) is 0 Å². The van der Waals surface area contributed by atoms with E-state index in [0.29, 0.717) is 12.5 Å². The van der Waals surface area contributed by atoms with Gasteiger partial charge in [-0.25, -0.2) is 0 Å². The lowest BCUT2D eigenvalue weighted by molar-refractivity contribution is 0.119. The van der Waals surface area contributed by atoms with Gasteiger partial charge in [-0.15, -0.1) is 0 Å². The summed E-state index contributed by atoms with van der Waals surface area (Å²) in [4.78, 5) is 0. The highest BCUT2D eigenvalue weighted by Gasteiger charge is 2.27.